The molecule has 0 unspecified atom stereocenters. The van der Waals surface area contributed by atoms with Crippen molar-refractivity contribution in [3.63, 3.8) is 0 Å². The number of amides is 1. The van der Waals surface area contributed by atoms with Gasteiger partial charge in [0, 0.05) is 0 Å². The van der Waals surface area contributed by atoms with E-state index in [4.69, 9.17) is 11.6 Å². The zero-order chi connectivity index (χ0) is 7.72. The van der Waals surface area contributed by atoms with Gasteiger partial charge in [-0.2, -0.15) is 4.99 Å². The van der Waals surface area contributed by atoms with Gasteiger partial charge in [-0.1, -0.05) is 18.2 Å². The number of rotatable bonds is 0. The monoisotopic (exact) mass is 156 g/mol. The van der Waals surface area contributed by atoms with E-state index in [1.165, 1.54) is 0 Å². The fourth-order valence-corrected chi connectivity index (χ4v) is 0.740. The molecule has 52 valence electrons. The molecule has 10 heavy (non-hydrogen) atoms. The lowest BCUT2D eigenvalue weighted by Gasteiger charge is -2.03. The van der Waals surface area contributed by atoms with Crippen LogP contribution in [0.1, 0.15) is 6.92 Å². The van der Waals surface area contributed by atoms with Crippen LogP contribution in [0, 0.1) is 0 Å². The molecule has 0 atom stereocenters. The number of carbonyl (C=O) groups is 1. The van der Waals surface area contributed by atoms with Gasteiger partial charge in [0.25, 0.3) is 5.91 Å². The Hall–Kier alpha value is -0.960. The Morgan fingerprint density at radius 2 is 2.10 bits per heavy atom. The summed E-state index contributed by atoms with van der Waals surface area (Å²) in [5.74, 6) is -0.0279. The highest BCUT2D eigenvalue weighted by Crippen LogP contribution is 2.08. The molecule has 0 spiro atoms. The quantitative estimate of drug-likeness (QED) is 0.485. The van der Waals surface area contributed by atoms with Crippen LogP contribution in [-0.2, 0) is 4.79 Å². The van der Waals surface area contributed by atoms with Gasteiger partial charge >= 0.3 is 0 Å². The minimum absolute atomic E-state index is 0.137. The van der Waals surface area contributed by atoms with Crippen molar-refractivity contribution >= 4 is 28.5 Å². The molecule has 0 aromatic rings. The zero-order valence-electron chi connectivity index (χ0n) is 5.39. The molecule has 0 fully saturated rings. The van der Waals surface area contributed by atoms with Crippen molar-refractivity contribution < 1.29 is 4.79 Å². The molecule has 1 rings (SSSR count). The third-order valence-electron chi connectivity index (χ3n) is 1.03. The normalized spacial score (nSPS) is 18.6. The first kappa shape index (κ1) is 7.15. The van der Waals surface area contributed by atoms with Crippen LogP contribution in [0.5, 0.6) is 0 Å². The molecule has 0 aromatic carbocycles. The van der Waals surface area contributed by atoms with E-state index < -0.39 is 5.91 Å². The number of carbonyl (C=O) groups excluding carboxylic acids is 1. The van der Waals surface area contributed by atoms with E-state index in [2.05, 4.69) is 16.6 Å². The summed E-state index contributed by atoms with van der Waals surface area (Å²) in [5, 5.41) is 0.137. The average molecular weight is 157 g/mol. The van der Waals surface area contributed by atoms with Crippen molar-refractivity contribution in [3.05, 3.63) is 12.2 Å². The topological polar surface area (TPSA) is 41.8 Å². The SMILES string of the molecule is C=C1C(=O)N=C(C)N=C1Cl. The Bertz CT molecular complexity index is 262. The summed E-state index contributed by atoms with van der Waals surface area (Å²) in [6.07, 6.45) is 0. The van der Waals surface area contributed by atoms with Crippen LogP contribution in [-0.4, -0.2) is 16.9 Å². The Morgan fingerprint density at radius 1 is 1.50 bits per heavy atom. The first-order valence-corrected chi connectivity index (χ1v) is 3.02. The largest absolute Gasteiger partial charge is 0.281 e. The number of hydrogen-bond acceptors (Lipinski definition) is 2. The molecular weight excluding hydrogens is 152 g/mol. The van der Waals surface area contributed by atoms with Crippen molar-refractivity contribution in [1.29, 1.82) is 0 Å². The lowest BCUT2D eigenvalue weighted by atomic mass is 10.3. The number of nitrogens with zero attached hydrogens (tertiary/aromatic N) is 2. The standard InChI is InChI=1S/C6H5ClN2O/c1-3-5(7)8-4(2)9-6(3)10/h1H2,2H3. The van der Waals surface area contributed by atoms with Crippen molar-refractivity contribution in [2.75, 3.05) is 0 Å². The van der Waals surface area contributed by atoms with Crippen LogP contribution in [0.25, 0.3) is 0 Å². The Balaban J connectivity index is 3.07. The van der Waals surface area contributed by atoms with Gasteiger partial charge in [-0.05, 0) is 6.92 Å². The molecule has 1 aliphatic heterocycles. The van der Waals surface area contributed by atoms with Gasteiger partial charge in [-0.25, -0.2) is 4.99 Å². The van der Waals surface area contributed by atoms with Crippen molar-refractivity contribution in [1.82, 2.24) is 0 Å². The maximum Gasteiger partial charge on any atom is 0.281 e. The van der Waals surface area contributed by atoms with Gasteiger partial charge in [-0.15, -0.1) is 0 Å². The second-order valence-corrected chi connectivity index (χ2v) is 2.20. The lowest BCUT2D eigenvalue weighted by molar-refractivity contribution is -0.113. The maximum absolute atomic E-state index is 10.8. The molecule has 3 nitrogen and oxygen atoms in total. The van der Waals surface area contributed by atoms with Crippen LogP contribution in [0.15, 0.2) is 22.1 Å². The minimum Gasteiger partial charge on any atom is -0.267 e. The smallest absolute Gasteiger partial charge is 0.267 e. The van der Waals surface area contributed by atoms with Crippen LogP contribution in [0.4, 0.5) is 0 Å². The average Bonchev–Trinajstić information content (AvgIpc) is 1.82. The van der Waals surface area contributed by atoms with E-state index >= 15 is 0 Å². The maximum atomic E-state index is 10.8. The second kappa shape index (κ2) is 2.34. The molecule has 0 bridgehead atoms. The highest BCUT2D eigenvalue weighted by Gasteiger charge is 2.15. The number of hydrogen-bond donors (Lipinski definition) is 0. The summed E-state index contributed by atoms with van der Waals surface area (Å²) in [4.78, 5) is 18.0. The van der Waals surface area contributed by atoms with Crippen molar-refractivity contribution in [3.8, 4) is 0 Å². The predicted molar refractivity (Wildman–Crippen MR) is 40.5 cm³/mol. The summed E-state index contributed by atoms with van der Waals surface area (Å²) in [7, 11) is 0. The number of amidine groups is 1. The molecule has 4 heteroatoms. The van der Waals surface area contributed by atoms with E-state index in [1.54, 1.807) is 6.92 Å². The highest BCUT2D eigenvalue weighted by molar-refractivity contribution is 6.73. The van der Waals surface area contributed by atoms with E-state index in [9.17, 15) is 4.79 Å². The van der Waals surface area contributed by atoms with Gasteiger partial charge in [0.05, 0.1) is 5.57 Å². The summed E-state index contributed by atoms with van der Waals surface area (Å²) in [6, 6.07) is 0. The molecule has 0 radical (unpaired) electrons. The van der Waals surface area contributed by atoms with E-state index in [0.29, 0.717) is 5.84 Å². The molecule has 1 amide bonds. The second-order valence-electron chi connectivity index (χ2n) is 1.85. The summed E-state index contributed by atoms with van der Waals surface area (Å²) in [5.41, 5.74) is 0.160. The summed E-state index contributed by atoms with van der Waals surface area (Å²) < 4.78 is 0. The number of halogens is 1. The van der Waals surface area contributed by atoms with Crippen LogP contribution >= 0.6 is 11.6 Å². The van der Waals surface area contributed by atoms with Crippen LogP contribution in [0.3, 0.4) is 0 Å². The molecule has 0 saturated carbocycles. The Kier molecular flexibility index (Phi) is 1.68. The molecular formula is C6H5ClN2O. The summed E-state index contributed by atoms with van der Waals surface area (Å²) >= 11 is 5.51. The first-order valence-electron chi connectivity index (χ1n) is 2.64. The third kappa shape index (κ3) is 1.14. The van der Waals surface area contributed by atoms with Gasteiger partial charge in [-0.3, -0.25) is 4.79 Å². The van der Waals surface area contributed by atoms with Gasteiger partial charge < -0.3 is 0 Å². The van der Waals surface area contributed by atoms with Gasteiger partial charge in [0.2, 0.25) is 0 Å². The fraction of sp³-hybridized carbons (Fsp3) is 0.167. The molecule has 0 aromatic heterocycles. The van der Waals surface area contributed by atoms with E-state index in [1.807, 2.05) is 0 Å². The third-order valence-corrected chi connectivity index (χ3v) is 1.34. The zero-order valence-corrected chi connectivity index (χ0v) is 6.14. The lowest BCUT2D eigenvalue weighted by Crippen LogP contribution is -2.13. The molecule has 1 heterocycles. The van der Waals surface area contributed by atoms with Crippen LogP contribution < -0.4 is 0 Å². The van der Waals surface area contributed by atoms with Gasteiger partial charge in [0.15, 0.2) is 0 Å². The van der Waals surface area contributed by atoms with Gasteiger partial charge in [0.1, 0.15) is 11.0 Å². The minimum atomic E-state index is -0.405. The molecule has 0 saturated heterocycles. The fourth-order valence-electron chi connectivity index (χ4n) is 0.537. The summed E-state index contributed by atoms with van der Waals surface area (Å²) in [6.45, 7) is 5.00. The molecule has 0 aliphatic carbocycles. The molecule has 0 N–H and O–H groups in total. The highest BCUT2D eigenvalue weighted by atomic mass is 35.5. The first-order chi connectivity index (χ1) is 4.61. The van der Waals surface area contributed by atoms with E-state index in [-0.39, 0.29) is 10.7 Å². The Labute approximate surface area is 63.1 Å². The van der Waals surface area contributed by atoms with Crippen molar-refractivity contribution in [2.45, 2.75) is 6.92 Å². The number of aliphatic imine (C=N–C) groups is 2. The van der Waals surface area contributed by atoms with Crippen LogP contribution in [0.2, 0.25) is 0 Å². The Morgan fingerprint density at radius 3 is 2.60 bits per heavy atom. The molecule has 1 aliphatic rings. The predicted octanol–water partition coefficient (Wildman–Crippen LogP) is 1.14. The van der Waals surface area contributed by atoms with Crippen molar-refractivity contribution in [2.24, 2.45) is 9.98 Å². The van der Waals surface area contributed by atoms with E-state index in [0.717, 1.165) is 0 Å².